The molecule has 5 heteroatoms. The first-order chi connectivity index (χ1) is 10.0. The monoisotopic (exact) mass is 318 g/mol. The average molecular weight is 319 g/mol. The van der Waals surface area contributed by atoms with Gasteiger partial charge in [-0.25, -0.2) is 0 Å². The summed E-state index contributed by atoms with van der Waals surface area (Å²) in [6.07, 6.45) is 0. The molecule has 3 nitrogen and oxygen atoms in total. The van der Waals surface area contributed by atoms with Crippen LogP contribution in [0, 0.1) is 6.92 Å². The number of aromatic amines is 1. The molecule has 0 unspecified atom stereocenters. The SMILES string of the molecule is Cc1cc2c(NC(=O)c3ccc(Cl)cc3Cl)cccc2[nH]1. The van der Waals surface area contributed by atoms with Crippen LogP contribution in [-0.2, 0) is 0 Å². The second-order valence-corrected chi connectivity index (χ2v) is 5.64. The Hall–Kier alpha value is -1.97. The summed E-state index contributed by atoms with van der Waals surface area (Å²) in [7, 11) is 0. The van der Waals surface area contributed by atoms with E-state index in [0.717, 1.165) is 22.3 Å². The molecule has 106 valence electrons. The molecule has 0 radical (unpaired) electrons. The molecule has 2 aromatic carbocycles. The summed E-state index contributed by atoms with van der Waals surface area (Å²) in [5.41, 5.74) is 3.15. The lowest BCUT2D eigenvalue weighted by atomic mass is 10.1. The number of aryl methyl sites for hydroxylation is 1. The topological polar surface area (TPSA) is 44.9 Å². The summed E-state index contributed by atoms with van der Waals surface area (Å²) < 4.78 is 0. The van der Waals surface area contributed by atoms with Crippen molar-refractivity contribution >= 4 is 45.7 Å². The highest BCUT2D eigenvalue weighted by atomic mass is 35.5. The summed E-state index contributed by atoms with van der Waals surface area (Å²) in [5, 5.41) is 4.69. The van der Waals surface area contributed by atoms with Crippen LogP contribution in [0.15, 0.2) is 42.5 Å². The van der Waals surface area contributed by atoms with E-state index >= 15 is 0 Å². The van der Waals surface area contributed by atoms with Crippen molar-refractivity contribution in [3.63, 3.8) is 0 Å². The maximum Gasteiger partial charge on any atom is 0.257 e. The van der Waals surface area contributed by atoms with Gasteiger partial charge in [-0.3, -0.25) is 4.79 Å². The van der Waals surface area contributed by atoms with E-state index in [1.165, 1.54) is 0 Å². The predicted molar refractivity (Wildman–Crippen MR) is 87.5 cm³/mol. The molecule has 0 atom stereocenters. The van der Waals surface area contributed by atoms with Crippen LogP contribution in [0.1, 0.15) is 16.1 Å². The van der Waals surface area contributed by atoms with Crippen LogP contribution in [0.3, 0.4) is 0 Å². The normalized spacial score (nSPS) is 10.8. The number of anilines is 1. The van der Waals surface area contributed by atoms with Crippen molar-refractivity contribution in [2.45, 2.75) is 6.92 Å². The maximum atomic E-state index is 12.3. The summed E-state index contributed by atoms with van der Waals surface area (Å²) in [4.78, 5) is 15.6. The molecule has 0 bridgehead atoms. The number of benzene rings is 2. The first kappa shape index (κ1) is 14.0. The second-order valence-electron chi connectivity index (χ2n) is 4.80. The zero-order valence-electron chi connectivity index (χ0n) is 11.2. The Balaban J connectivity index is 1.96. The van der Waals surface area contributed by atoms with Crippen molar-refractivity contribution in [1.82, 2.24) is 4.98 Å². The lowest BCUT2D eigenvalue weighted by Crippen LogP contribution is -2.12. The molecule has 0 saturated carbocycles. The highest BCUT2D eigenvalue weighted by Gasteiger charge is 2.12. The van der Waals surface area contributed by atoms with Crippen LogP contribution >= 0.6 is 23.2 Å². The molecule has 0 spiro atoms. The number of carbonyl (C=O) groups is 1. The lowest BCUT2D eigenvalue weighted by molar-refractivity contribution is 0.102. The number of carbonyl (C=O) groups excluding carboxylic acids is 1. The van der Waals surface area contributed by atoms with Crippen molar-refractivity contribution < 1.29 is 4.79 Å². The van der Waals surface area contributed by atoms with Crippen LogP contribution in [0.25, 0.3) is 10.9 Å². The van der Waals surface area contributed by atoms with Crippen molar-refractivity contribution in [1.29, 1.82) is 0 Å². The number of amides is 1. The Morgan fingerprint density at radius 3 is 2.71 bits per heavy atom. The number of H-pyrrole nitrogens is 1. The van der Waals surface area contributed by atoms with Gasteiger partial charge in [-0.1, -0.05) is 29.3 Å². The van der Waals surface area contributed by atoms with E-state index in [9.17, 15) is 4.79 Å². The fraction of sp³-hybridized carbons (Fsp3) is 0.0625. The van der Waals surface area contributed by atoms with Gasteiger partial charge in [-0.2, -0.15) is 0 Å². The van der Waals surface area contributed by atoms with Crippen LogP contribution in [-0.4, -0.2) is 10.9 Å². The standard InChI is InChI=1S/C16H12Cl2N2O/c1-9-7-12-14(19-9)3-2-4-15(12)20-16(21)11-6-5-10(17)8-13(11)18/h2-8,19H,1H3,(H,20,21). The number of hydrogen-bond acceptors (Lipinski definition) is 1. The molecular weight excluding hydrogens is 307 g/mol. The third-order valence-electron chi connectivity index (χ3n) is 3.22. The van der Waals surface area contributed by atoms with Gasteiger partial charge < -0.3 is 10.3 Å². The minimum absolute atomic E-state index is 0.261. The summed E-state index contributed by atoms with van der Waals surface area (Å²) >= 11 is 11.9. The Labute approximate surface area is 131 Å². The number of hydrogen-bond donors (Lipinski definition) is 2. The molecule has 1 amide bonds. The van der Waals surface area contributed by atoms with Gasteiger partial charge in [0.1, 0.15) is 0 Å². The largest absolute Gasteiger partial charge is 0.359 e. The molecule has 0 fully saturated rings. The molecule has 0 aliphatic rings. The van der Waals surface area contributed by atoms with Crippen molar-refractivity contribution in [3.8, 4) is 0 Å². The van der Waals surface area contributed by atoms with Gasteiger partial charge >= 0.3 is 0 Å². The van der Waals surface area contributed by atoms with Gasteiger partial charge in [-0.15, -0.1) is 0 Å². The zero-order valence-corrected chi connectivity index (χ0v) is 12.7. The van der Waals surface area contributed by atoms with E-state index < -0.39 is 0 Å². The number of nitrogens with one attached hydrogen (secondary N) is 2. The van der Waals surface area contributed by atoms with Gasteiger partial charge in [0.25, 0.3) is 5.91 Å². The second kappa shape index (κ2) is 5.43. The molecule has 21 heavy (non-hydrogen) atoms. The van der Waals surface area contributed by atoms with Crippen LogP contribution in [0.5, 0.6) is 0 Å². The Morgan fingerprint density at radius 2 is 1.95 bits per heavy atom. The number of rotatable bonds is 2. The first-order valence-corrected chi connectivity index (χ1v) is 7.15. The zero-order chi connectivity index (χ0) is 15.0. The Morgan fingerprint density at radius 1 is 1.14 bits per heavy atom. The molecule has 0 saturated heterocycles. The highest BCUT2D eigenvalue weighted by Crippen LogP contribution is 2.26. The molecule has 1 aromatic heterocycles. The molecule has 0 aliphatic heterocycles. The van der Waals surface area contributed by atoms with Crippen LogP contribution in [0.4, 0.5) is 5.69 Å². The van der Waals surface area contributed by atoms with Gasteiger partial charge in [0.15, 0.2) is 0 Å². The van der Waals surface area contributed by atoms with Gasteiger partial charge in [0.05, 0.1) is 16.3 Å². The van der Waals surface area contributed by atoms with E-state index in [4.69, 9.17) is 23.2 Å². The molecule has 3 rings (SSSR count). The van der Waals surface area contributed by atoms with Gasteiger partial charge in [0.2, 0.25) is 0 Å². The van der Waals surface area contributed by atoms with Crippen molar-refractivity contribution in [2.24, 2.45) is 0 Å². The van der Waals surface area contributed by atoms with Crippen molar-refractivity contribution in [2.75, 3.05) is 5.32 Å². The average Bonchev–Trinajstić information content (AvgIpc) is 2.80. The van der Waals surface area contributed by atoms with E-state index in [-0.39, 0.29) is 5.91 Å². The molecule has 3 aromatic rings. The summed E-state index contributed by atoms with van der Waals surface area (Å²) in [6, 6.07) is 12.5. The van der Waals surface area contributed by atoms with E-state index in [1.54, 1.807) is 18.2 Å². The minimum Gasteiger partial charge on any atom is -0.359 e. The first-order valence-electron chi connectivity index (χ1n) is 6.39. The van der Waals surface area contributed by atoms with Crippen LogP contribution in [0.2, 0.25) is 10.0 Å². The molecule has 2 N–H and O–H groups in total. The molecule has 0 aliphatic carbocycles. The minimum atomic E-state index is -0.261. The number of fused-ring (bicyclic) bond motifs is 1. The van der Waals surface area contributed by atoms with E-state index in [2.05, 4.69) is 10.3 Å². The highest BCUT2D eigenvalue weighted by molar-refractivity contribution is 6.37. The van der Waals surface area contributed by atoms with Gasteiger partial charge in [-0.05, 0) is 43.3 Å². The quantitative estimate of drug-likeness (QED) is 0.683. The smallest absolute Gasteiger partial charge is 0.257 e. The third-order valence-corrected chi connectivity index (χ3v) is 3.77. The van der Waals surface area contributed by atoms with Crippen molar-refractivity contribution in [3.05, 3.63) is 63.8 Å². The summed E-state index contributed by atoms with van der Waals surface area (Å²) in [6.45, 7) is 1.97. The lowest BCUT2D eigenvalue weighted by Gasteiger charge is -2.08. The number of aromatic nitrogens is 1. The fourth-order valence-corrected chi connectivity index (χ4v) is 2.76. The van der Waals surface area contributed by atoms with Gasteiger partial charge in [0, 0.05) is 21.6 Å². The number of halogens is 2. The maximum absolute atomic E-state index is 12.3. The van der Waals surface area contributed by atoms with E-state index in [0.29, 0.717) is 15.6 Å². The molecule has 1 heterocycles. The Kier molecular flexibility index (Phi) is 3.62. The summed E-state index contributed by atoms with van der Waals surface area (Å²) in [5.74, 6) is -0.261. The fourth-order valence-electron chi connectivity index (χ4n) is 2.27. The molecular formula is C16H12Cl2N2O. The van der Waals surface area contributed by atoms with E-state index in [1.807, 2.05) is 31.2 Å². The Bertz CT molecular complexity index is 839. The predicted octanol–water partition coefficient (Wildman–Crippen LogP) is 5.04. The third kappa shape index (κ3) is 2.75. The van der Waals surface area contributed by atoms with Crippen LogP contribution < -0.4 is 5.32 Å².